The van der Waals surface area contributed by atoms with E-state index in [0.29, 0.717) is 18.5 Å². The molecule has 2 saturated heterocycles. The third-order valence-electron chi connectivity index (χ3n) is 5.00. The number of nitrogens with zero attached hydrogens (tertiary/aromatic N) is 2. The van der Waals surface area contributed by atoms with Gasteiger partial charge in [-0.25, -0.2) is 4.98 Å². The van der Waals surface area contributed by atoms with Gasteiger partial charge in [0.1, 0.15) is 17.7 Å². The van der Waals surface area contributed by atoms with Gasteiger partial charge >= 0.3 is 0 Å². The molecule has 136 valence electrons. The first-order chi connectivity index (χ1) is 12.6. The first kappa shape index (κ1) is 16.7. The van der Waals surface area contributed by atoms with E-state index in [4.69, 9.17) is 4.74 Å². The SMILES string of the molecule is C=C1CCC(N2C(=O)c3ccnc(OC4CCNCC4)c3C2=O)C(=O)N1. The van der Waals surface area contributed by atoms with Gasteiger partial charge in [-0.3, -0.25) is 19.3 Å². The number of fused-ring (bicyclic) bond motifs is 1. The van der Waals surface area contributed by atoms with Crippen molar-refractivity contribution < 1.29 is 19.1 Å². The molecular formula is C18H20N4O4. The molecule has 4 heterocycles. The summed E-state index contributed by atoms with van der Waals surface area (Å²) in [4.78, 5) is 43.2. The average molecular weight is 356 g/mol. The van der Waals surface area contributed by atoms with Crippen LogP contribution in [0.3, 0.4) is 0 Å². The lowest BCUT2D eigenvalue weighted by Gasteiger charge is -2.29. The highest BCUT2D eigenvalue weighted by molar-refractivity contribution is 6.23. The number of ether oxygens (including phenoxy) is 1. The van der Waals surface area contributed by atoms with Crippen molar-refractivity contribution in [3.05, 3.63) is 35.7 Å². The molecule has 1 unspecified atom stereocenters. The van der Waals surface area contributed by atoms with Gasteiger partial charge in [-0.05, 0) is 44.8 Å². The molecule has 0 bridgehead atoms. The molecule has 2 fully saturated rings. The van der Waals surface area contributed by atoms with Gasteiger partial charge < -0.3 is 15.4 Å². The van der Waals surface area contributed by atoms with Crippen LogP contribution in [0.25, 0.3) is 0 Å². The summed E-state index contributed by atoms with van der Waals surface area (Å²) in [5.41, 5.74) is 0.999. The van der Waals surface area contributed by atoms with Gasteiger partial charge in [0.15, 0.2) is 0 Å². The first-order valence-electron chi connectivity index (χ1n) is 8.79. The highest BCUT2D eigenvalue weighted by atomic mass is 16.5. The third kappa shape index (κ3) is 2.76. The van der Waals surface area contributed by atoms with Gasteiger partial charge in [0, 0.05) is 11.9 Å². The van der Waals surface area contributed by atoms with E-state index >= 15 is 0 Å². The first-order valence-corrected chi connectivity index (χ1v) is 8.79. The summed E-state index contributed by atoms with van der Waals surface area (Å²) in [7, 11) is 0. The van der Waals surface area contributed by atoms with E-state index in [2.05, 4.69) is 22.2 Å². The van der Waals surface area contributed by atoms with Crippen LogP contribution in [0.2, 0.25) is 0 Å². The van der Waals surface area contributed by atoms with Crippen LogP contribution in [0.4, 0.5) is 0 Å². The largest absolute Gasteiger partial charge is 0.474 e. The predicted molar refractivity (Wildman–Crippen MR) is 91.6 cm³/mol. The highest BCUT2D eigenvalue weighted by Crippen LogP contribution is 2.33. The number of pyridine rings is 1. The molecule has 3 aliphatic rings. The zero-order chi connectivity index (χ0) is 18.3. The Labute approximate surface area is 150 Å². The van der Waals surface area contributed by atoms with Crippen LogP contribution in [0, 0.1) is 0 Å². The molecule has 0 spiro atoms. The molecule has 4 rings (SSSR count). The summed E-state index contributed by atoms with van der Waals surface area (Å²) >= 11 is 0. The van der Waals surface area contributed by atoms with Crippen LogP contribution in [-0.2, 0) is 4.79 Å². The Morgan fingerprint density at radius 1 is 1.15 bits per heavy atom. The molecule has 26 heavy (non-hydrogen) atoms. The fourth-order valence-electron chi connectivity index (χ4n) is 3.62. The van der Waals surface area contributed by atoms with Gasteiger partial charge in [-0.2, -0.15) is 0 Å². The molecule has 3 amide bonds. The van der Waals surface area contributed by atoms with Crippen LogP contribution in [0.5, 0.6) is 5.88 Å². The molecule has 8 heteroatoms. The second-order valence-electron chi connectivity index (χ2n) is 6.73. The standard InChI is InChI=1S/C18H20N4O4/c1-10-2-3-13(15(23)21-10)22-17(24)12-6-9-20-16(14(12)18(22)25)26-11-4-7-19-8-5-11/h6,9,11,13,19H,1-5,7-8H2,(H,21,23). The van der Waals surface area contributed by atoms with Crippen molar-refractivity contribution in [3.8, 4) is 5.88 Å². The number of hydrogen-bond acceptors (Lipinski definition) is 6. The van der Waals surface area contributed by atoms with Crippen LogP contribution < -0.4 is 15.4 Å². The highest BCUT2D eigenvalue weighted by Gasteiger charge is 2.46. The maximum Gasteiger partial charge on any atom is 0.267 e. The maximum absolute atomic E-state index is 13.0. The second-order valence-corrected chi connectivity index (χ2v) is 6.73. The molecule has 3 aliphatic heterocycles. The summed E-state index contributed by atoms with van der Waals surface area (Å²) in [5, 5.41) is 5.87. The maximum atomic E-state index is 13.0. The fraction of sp³-hybridized carbons (Fsp3) is 0.444. The Hall–Kier alpha value is -2.74. The van der Waals surface area contributed by atoms with E-state index in [0.717, 1.165) is 30.8 Å². The van der Waals surface area contributed by atoms with Gasteiger partial charge in [0.05, 0.1) is 5.56 Å². The second kappa shape index (κ2) is 6.53. The Kier molecular flexibility index (Phi) is 4.20. The van der Waals surface area contributed by atoms with Crippen molar-refractivity contribution in [3.63, 3.8) is 0 Å². The zero-order valence-electron chi connectivity index (χ0n) is 14.3. The topological polar surface area (TPSA) is 101 Å². The lowest BCUT2D eigenvalue weighted by Crippen LogP contribution is -2.51. The van der Waals surface area contributed by atoms with E-state index in [-0.39, 0.29) is 29.0 Å². The summed E-state index contributed by atoms with van der Waals surface area (Å²) in [6.07, 6.45) is 3.93. The van der Waals surface area contributed by atoms with Crippen molar-refractivity contribution >= 4 is 17.7 Å². The lowest BCUT2D eigenvalue weighted by atomic mass is 10.0. The molecule has 0 aromatic carbocycles. The quantitative estimate of drug-likeness (QED) is 0.770. The van der Waals surface area contributed by atoms with E-state index in [9.17, 15) is 14.4 Å². The number of piperidine rings is 2. The lowest BCUT2D eigenvalue weighted by molar-refractivity contribution is -0.125. The molecule has 1 atom stereocenters. The number of hydrogen-bond donors (Lipinski definition) is 2. The molecule has 8 nitrogen and oxygen atoms in total. The molecule has 0 aliphatic carbocycles. The minimum absolute atomic E-state index is 0.0477. The van der Waals surface area contributed by atoms with Crippen molar-refractivity contribution in [2.45, 2.75) is 37.8 Å². The summed E-state index contributed by atoms with van der Waals surface area (Å²) in [6, 6.07) is 0.671. The number of rotatable bonds is 3. The monoisotopic (exact) mass is 356 g/mol. The Morgan fingerprint density at radius 2 is 1.92 bits per heavy atom. The molecule has 1 aromatic rings. The van der Waals surface area contributed by atoms with Gasteiger partial charge in [0.25, 0.3) is 11.8 Å². The predicted octanol–water partition coefficient (Wildman–Crippen LogP) is 0.601. The summed E-state index contributed by atoms with van der Waals surface area (Å²) < 4.78 is 5.93. The van der Waals surface area contributed by atoms with Crippen LogP contribution in [0.15, 0.2) is 24.5 Å². The molecule has 0 radical (unpaired) electrons. The van der Waals surface area contributed by atoms with Crippen LogP contribution in [-0.4, -0.2) is 52.8 Å². The van der Waals surface area contributed by atoms with E-state index in [1.807, 2.05) is 0 Å². The van der Waals surface area contributed by atoms with Crippen LogP contribution in [0.1, 0.15) is 46.4 Å². The number of aromatic nitrogens is 1. The number of carbonyl (C=O) groups excluding carboxylic acids is 3. The van der Waals surface area contributed by atoms with Gasteiger partial charge in [-0.1, -0.05) is 6.58 Å². The number of carbonyl (C=O) groups is 3. The number of imide groups is 1. The molecule has 0 saturated carbocycles. The fourth-order valence-corrected chi connectivity index (χ4v) is 3.62. The number of allylic oxidation sites excluding steroid dienone is 1. The van der Waals surface area contributed by atoms with Crippen LogP contribution >= 0.6 is 0 Å². The minimum atomic E-state index is -0.834. The number of amides is 3. The molecule has 2 N–H and O–H groups in total. The Morgan fingerprint density at radius 3 is 2.65 bits per heavy atom. The molecular weight excluding hydrogens is 336 g/mol. The third-order valence-corrected chi connectivity index (χ3v) is 5.00. The van der Waals surface area contributed by atoms with E-state index in [1.165, 1.54) is 12.3 Å². The van der Waals surface area contributed by atoms with Crippen molar-refractivity contribution in [2.75, 3.05) is 13.1 Å². The van der Waals surface area contributed by atoms with Gasteiger partial charge in [-0.15, -0.1) is 0 Å². The van der Waals surface area contributed by atoms with E-state index in [1.54, 1.807) is 0 Å². The number of nitrogens with one attached hydrogen (secondary N) is 2. The van der Waals surface area contributed by atoms with Crippen molar-refractivity contribution in [2.24, 2.45) is 0 Å². The average Bonchev–Trinajstić information content (AvgIpc) is 2.88. The normalized spacial score (nSPS) is 23.8. The summed E-state index contributed by atoms with van der Waals surface area (Å²) in [5.74, 6) is -1.20. The van der Waals surface area contributed by atoms with Crippen molar-refractivity contribution in [1.82, 2.24) is 20.5 Å². The zero-order valence-corrected chi connectivity index (χ0v) is 14.3. The smallest absolute Gasteiger partial charge is 0.267 e. The van der Waals surface area contributed by atoms with E-state index < -0.39 is 17.9 Å². The van der Waals surface area contributed by atoms with Crippen molar-refractivity contribution in [1.29, 1.82) is 0 Å². The Balaban J connectivity index is 1.62. The minimum Gasteiger partial charge on any atom is -0.474 e. The van der Waals surface area contributed by atoms with Gasteiger partial charge in [0.2, 0.25) is 11.8 Å². The summed E-state index contributed by atoms with van der Waals surface area (Å²) in [6.45, 7) is 5.40. The Bertz CT molecular complexity index is 800. The molecule has 1 aromatic heterocycles.